The van der Waals surface area contributed by atoms with Gasteiger partial charge in [0.2, 0.25) is 5.91 Å². The van der Waals surface area contributed by atoms with Crippen molar-refractivity contribution in [2.45, 2.75) is 251 Å². The summed E-state index contributed by atoms with van der Waals surface area (Å²) in [6.45, 7) is 6.31. The number of carbonyl (C=O) groups excluding carboxylic acids is 2. The second kappa shape index (κ2) is 47.4. The number of carbonyl (C=O) groups is 2. The lowest BCUT2D eigenvalue weighted by molar-refractivity contribution is -0.148. The summed E-state index contributed by atoms with van der Waals surface area (Å²) < 4.78 is 5.81. The first-order valence-corrected chi connectivity index (χ1v) is 25.2. The van der Waals surface area contributed by atoms with Crippen molar-refractivity contribution in [1.82, 2.24) is 5.32 Å². The van der Waals surface area contributed by atoms with E-state index in [1.54, 1.807) is 6.08 Å². The summed E-state index contributed by atoms with van der Waals surface area (Å²) in [4.78, 5) is 26.0. The van der Waals surface area contributed by atoms with E-state index in [1.807, 2.05) is 6.08 Å². The fourth-order valence-corrected chi connectivity index (χ4v) is 7.21. The third-order valence-electron chi connectivity index (χ3n) is 11.0. The third-order valence-corrected chi connectivity index (χ3v) is 11.0. The number of esters is 1. The van der Waals surface area contributed by atoms with Crippen molar-refractivity contribution < 1.29 is 24.5 Å². The molecule has 0 aromatic rings. The van der Waals surface area contributed by atoms with Gasteiger partial charge in [0.15, 0.2) is 0 Å². The molecule has 0 fully saturated rings. The van der Waals surface area contributed by atoms with Gasteiger partial charge in [0.05, 0.1) is 25.2 Å². The zero-order chi connectivity index (χ0) is 43.8. The molecule has 3 atom stereocenters. The fraction of sp³-hybridized carbons (Fsp3) is 0.741. The van der Waals surface area contributed by atoms with Crippen molar-refractivity contribution in [3.63, 3.8) is 0 Å². The van der Waals surface area contributed by atoms with Gasteiger partial charge in [-0.15, -0.1) is 0 Å². The number of aliphatic hydroxyl groups is 2. The van der Waals surface area contributed by atoms with Gasteiger partial charge in [-0.3, -0.25) is 9.59 Å². The molecular weight excluding hydrogens is 743 g/mol. The molecule has 3 N–H and O–H groups in total. The first-order valence-electron chi connectivity index (χ1n) is 25.2. The maximum absolute atomic E-state index is 13.1. The van der Waals surface area contributed by atoms with E-state index in [0.717, 1.165) is 64.2 Å². The molecule has 346 valence electrons. The van der Waals surface area contributed by atoms with Crippen molar-refractivity contribution in [3.8, 4) is 0 Å². The minimum Gasteiger partial charge on any atom is -0.458 e. The van der Waals surface area contributed by atoms with Gasteiger partial charge in [-0.05, 0) is 76.7 Å². The SMILES string of the molecule is CC/C=C/C/C=C/C/C=C/C/C=C/C/C=C/C(CC(=O)NC(CO)C(O)CCCCCCCCCCCCCC)OC(=O)CCCCCCCCC/C=C\CCCCCC. The van der Waals surface area contributed by atoms with Crippen LogP contribution in [0.2, 0.25) is 0 Å². The molecule has 0 aliphatic heterocycles. The van der Waals surface area contributed by atoms with Gasteiger partial charge in [0.25, 0.3) is 0 Å². The van der Waals surface area contributed by atoms with Crippen LogP contribution in [0.4, 0.5) is 0 Å². The summed E-state index contributed by atoms with van der Waals surface area (Å²) in [6.07, 6.45) is 59.9. The number of nitrogens with one attached hydrogen (secondary N) is 1. The zero-order valence-corrected chi connectivity index (χ0v) is 39.3. The molecule has 6 nitrogen and oxygen atoms in total. The van der Waals surface area contributed by atoms with Crippen LogP contribution >= 0.6 is 0 Å². The van der Waals surface area contributed by atoms with Crippen LogP contribution < -0.4 is 5.32 Å². The van der Waals surface area contributed by atoms with Crippen molar-refractivity contribution in [2.75, 3.05) is 6.61 Å². The highest BCUT2D eigenvalue weighted by Crippen LogP contribution is 2.16. The Morgan fingerprint density at radius 3 is 1.42 bits per heavy atom. The summed E-state index contributed by atoms with van der Waals surface area (Å²) in [7, 11) is 0. The van der Waals surface area contributed by atoms with Crippen LogP contribution in [0.1, 0.15) is 233 Å². The molecule has 0 aromatic carbocycles. The monoisotopic (exact) mass is 838 g/mol. The second-order valence-corrected chi connectivity index (χ2v) is 16.8. The van der Waals surface area contributed by atoms with Gasteiger partial charge >= 0.3 is 5.97 Å². The highest BCUT2D eigenvalue weighted by Gasteiger charge is 2.23. The highest BCUT2D eigenvalue weighted by molar-refractivity contribution is 5.78. The Bertz CT molecular complexity index is 1120. The van der Waals surface area contributed by atoms with Crippen LogP contribution in [-0.4, -0.2) is 46.9 Å². The van der Waals surface area contributed by atoms with Crippen LogP contribution in [0.3, 0.4) is 0 Å². The lowest BCUT2D eigenvalue weighted by Crippen LogP contribution is -2.46. The molecule has 3 unspecified atom stereocenters. The minimum atomic E-state index is -0.821. The smallest absolute Gasteiger partial charge is 0.306 e. The molecule has 0 spiro atoms. The van der Waals surface area contributed by atoms with Crippen LogP contribution in [-0.2, 0) is 14.3 Å². The molecule has 6 heteroatoms. The number of hydrogen-bond donors (Lipinski definition) is 3. The number of amides is 1. The Labute approximate surface area is 371 Å². The highest BCUT2D eigenvalue weighted by atomic mass is 16.5. The van der Waals surface area contributed by atoms with Gasteiger partial charge in [0.1, 0.15) is 6.10 Å². The molecule has 0 bridgehead atoms. The van der Waals surface area contributed by atoms with E-state index in [4.69, 9.17) is 4.74 Å². The molecular formula is C54H95NO5. The van der Waals surface area contributed by atoms with E-state index >= 15 is 0 Å². The second-order valence-electron chi connectivity index (χ2n) is 16.8. The van der Waals surface area contributed by atoms with Gasteiger partial charge in [-0.25, -0.2) is 0 Å². The van der Waals surface area contributed by atoms with Gasteiger partial charge in [-0.2, -0.15) is 0 Å². The Balaban J connectivity index is 4.74. The van der Waals surface area contributed by atoms with Crippen LogP contribution in [0.15, 0.2) is 72.9 Å². The average molecular weight is 838 g/mol. The Morgan fingerprint density at radius 2 is 0.933 bits per heavy atom. The molecule has 0 radical (unpaired) electrons. The third kappa shape index (κ3) is 42.0. The lowest BCUT2D eigenvalue weighted by atomic mass is 10.0. The number of hydrogen-bond acceptors (Lipinski definition) is 5. The van der Waals surface area contributed by atoms with Crippen molar-refractivity contribution in [1.29, 1.82) is 0 Å². The maximum atomic E-state index is 13.1. The van der Waals surface area contributed by atoms with E-state index < -0.39 is 18.2 Å². The van der Waals surface area contributed by atoms with E-state index in [9.17, 15) is 19.8 Å². The predicted molar refractivity (Wildman–Crippen MR) is 259 cm³/mol. The number of rotatable bonds is 44. The fourth-order valence-electron chi connectivity index (χ4n) is 7.21. The van der Waals surface area contributed by atoms with Crippen molar-refractivity contribution in [2.24, 2.45) is 0 Å². The molecule has 0 aliphatic rings. The summed E-state index contributed by atoms with van der Waals surface area (Å²) in [5, 5.41) is 23.7. The van der Waals surface area contributed by atoms with Gasteiger partial charge < -0.3 is 20.3 Å². The van der Waals surface area contributed by atoms with Crippen molar-refractivity contribution >= 4 is 11.9 Å². The molecule has 1 amide bonds. The van der Waals surface area contributed by atoms with Gasteiger partial charge in [-0.1, -0.05) is 216 Å². The average Bonchev–Trinajstić information content (AvgIpc) is 3.24. The zero-order valence-electron chi connectivity index (χ0n) is 39.3. The predicted octanol–water partition coefficient (Wildman–Crippen LogP) is 15.0. The largest absolute Gasteiger partial charge is 0.458 e. The molecule has 0 saturated carbocycles. The van der Waals surface area contributed by atoms with Crippen molar-refractivity contribution in [3.05, 3.63) is 72.9 Å². The minimum absolute atomic E-state index is 0.0493. The quantitative estimate of drug-likeness (QED) is 0.0323. The van der Waals surface area contributed by atoms with E-state index in [-0.39, 0.29) is 24.9 Å². The lowest BCUT2D eigenvalue weighted by Gasteiger charge is -2.23. The Kier molecular flexibility index (Phi) is 45.2. The summed E-state index contributed by atoms with van der Waals surface area (Å²) in [6, 6.07) is -0.744. The summed E-state index contributed by atoms with van der Waals surface area (Å²) >= 11 is 0. The first kappa shape index (κ1) is 57.3. The van der Waals surface area contributed by atoms with E-state index in [1.165, 1.54) is 122 Å². The Hall–Kier alpha value is -2.70. The maximum Gasteiger partial charge on any atom is 0.306 e. The summed E-state index contributed by atoms with van der Waals surface area (Å²) in [5.74, 6) is -0.635. The molecule has 0 saturated heterocycles. The van der Waals surface area contributed by atoms with E-state index in [2.05, 4.69) is 86.8 Å². The summed E-state index contributed by atoms with van der Waals surface area (Å²) in [5.41, 5.74) is 0. The molecule has 0 aromatic heterocycles. The van der Waals surface area contributed by atoms with E-state index in [0.29, 0.717) is 19.3 Å². The molecule has 0 heterocycles. The molecule has 60 heavy (non-hydrogen) atoms. The molecule has 0 rings (SSSR count). The molecule has 0 aliphatic carbocycles. The first-order chi connectivity index (χ1) is 29.5. The Morgan fingerprint density at radius 1 is 0.517 bits per heavy atom. The normalized spacial score (nSPS) is 13.9. The number of aliphatic hydroxyl groups excluding tert-OH is 2. The van der Waals surface area contributed by atoms with Crippen LogP contribution in [0, 0.1) is 0 Å². The van der Waals surface area contributed by atoms with Crippen LogP contribution in [0.25, 0.3) is 0 Å². The standard InChI is InChI=1S/C54H95NO5/c1-4-7-10-13-16-19-22-25-27-29-32-35-38-41-44-47-54(59)60-50(45-42-39-36-33-30-28-26-23-20-17-14-11-8-5-2)48-53(58)55-51(49-56)52(57)46-43-40-37-34-31-24-21-18-15-12-9-6-3/h8,11,17,19-20,22,26,28,33,36,42,45,50-52,56-57H,4-7,9-10,12-16,18,21,23-25,27,29-32,34-35,37-41,43-44,46-49H2,1-3H3,(H,55,58)/b11-8+,20-17+,22-19-,28-26+,36-33+,45-42+. The van der Waals surface area contributed by atoms with Crippen LogP contribution in [0.5, 0.6) is 0 Å². The number of ether oxygens (including phenoxy) is 1. The number of allylic oxidation sites excluding steroid dienone is 11. The topological polar surface area (TPSA) is 95.9 Å². The number of unbranched alkanes of at least 4 members (excludes halogenated alkanes) is 22. The van der Waals surface area contributed by atoms with Gasteiger partial charge in [0, 0.05) is 6.42 Å².